The van der Waals surface area contributed by atoms with Crippen LogP contribution >= 0.6 is 0 Å². The van der Waals surface area contributed by atoms with E-state index in [1.54, 1.807) is 57.2 Å². The zero-order valence-corrected chi connectivity index (χ0v) is 44.2. The molecule has 0 fully saturated rings. The van der Waals surface area contributed by atoms with Gasteiger partial charge in [0.25, 0.3) is 10.0 Å². The van der Waals surface area contributed by atoms with Crippen molar-refractivity contribution in [1.29, 1.82) is 0 Å². The maximum atomic E-state index is 16.0. The first-order chi connectivity index (χ1) is 33.3. The number of esters is 1. The SMILES string of the molecule is CCN(CCOC(=O)C(C)(C)CC)C(=O)C(F)(F)S(=O)(=O)NS(=O)(=O)c1ccccc1-c1c2cc/c(=N\c3c(C(C)C)cccc3C(C)C)cc-2oc2cc(Nc3c(C(C)C)cccc3C(C)C)ccc12. The van der Waals surface area contributed by atoms with Gasteiger partial charge < -0.3 is 19.4 Å². The smallest absolute Gasteiger partial charge is 0.436 e. The molecule has 0 spiro atoms. The van der Waals surface area contributed by atoms with Crippen LogP contribution in [-0.2, 0) is 34.4 Å². The molecule has 380 valence electrons. The second-order valence-corrected chi connectivity index (χ2v) is 23.3. The van der Waals surface area contributed by atoms with Crippen LogP contribution in [0.4, 0.5) is 25.8 Å². The largest absolute Gasteiger partial charge is 0.463 e. The highest BCUT2D eigenvalue weighted by molar-refractivity contribution is 8.05. The van der Waals surface area contributed by atoms with Gasteiger partial charge in [-0.15, -0.1) is 0 Å². The lowest BCUT2D eigenvalue weighted by molar-refractivity contribution is -0.157. The standard InChI is InChI=1S/C55H66F2N4O8S2/c1-13-54(11,12)53(63)68-30-29-61(14-2)52(62)55(56,57)71(66,67)60-70(64,65)48-24-16-15-19-45(48)49-43-27-25-37(58-50-39(33(3)4)20-17-21-40(50)34(5)6)31-46(43)69-47-32-38(26-28-44(47)49)59-51-41(35(7)8)22-18-23-42(51)36(9)10/h15-28,31-36,58,60H,13-14,29-30H2,1-12H3/b59-38+. The van der Waals surface area contributed by atoms with Crippen molar-refractivity contribution in [3.63, 3.8) is 0 Å². The number of nitrogens with zero attached hydrogens (tertiary/aromatic N) is 2. The molecule has 4 aromatic carbocycles. The van der Waals surface area contributed by atoms with Crippen molar-refractivity contribution < 1.29 is 44.4 Å². The lowest BCUT2D eigenvalue weighted by Crippen LogP contribution is -2.53. The summed E-state index contributed by atoms with van der Waals surface area (Å²) in [7, 11) is -11.7. The number of fused-ring (bicyclic) bond motifs is 2. The number of carbonyl (C=O) groups excluding carboxylic acids is 2. The van der Waals surface area contributed by atoms with Crippen molar-refractivity contribution in [3.8, 4) is 22.5 Å². The van der Waals surface area contributed by atoms with Gasteiger partial charge in [-0.1, -0.05) is 121 Å². The van der Waals surface area contributed by atoms with Gasteiger partial charge >= 0.3 is 27.2 Å². The first-order valence-corrected chi connectivity index (χ1v) is 27.0. The van der Waals surface area contributed by atoms with Gasteiger partial charge in [-0.25, -0.2) is 21.8 Å². The van der Waals surface area contributed by atoms with E-state index in [4.69, 9.17) is 14.1 Å². The number of para-hydroxylation sites is 2. The molecule has 0 atom stereocenters. The summed E-state index contributed by atoms with van der Waals surface area (Å²) in [4.78, 5) is 30.7. The van der Waals surface area contributed by atoms with Gasteiger partial charge in [-0.05, 0) is 103 Å². The van der Waals surface area contributed by atoms with Crippen LogP contribution in [-0.4, -0.2) is 58.6 Å². The Morgan fingerprint density at radius 2 is 1.31 bits per heavy atom. The predicted molar refractivity (Wildman–Crippen MR) is 277 cm³/mol. The molecule has 0 saturated carbocycles. The van der Waals surface area contributed by atoms with E-state index in [1.165, 1.54) is 23.2 Å². The van der Waals surface area contributed by atoms with Crippen LogP contribution in [0, 0.1) is 5.41 Å². The fourth-order valence-corrected chi connectivity index (χ4v) is 11.4. The number of likely N-dealkylation sites (N-methyl/N-ethyl adjacent to an activating group) is 1. The number of hydrogen-bond acceptors (Lipinski definition) is 10. The zero-order chi connectivity index (χ0) is 52.4. The van der Waals surface area contributed by atoms with E-state index in [1.807, 2.05) is 18.2 Å². The number of benzene rings is 5. The van der Waals surface area contributed by atoms with E-state index in [9.17, 15) is 26.4 Å². The Hall–Kier alpha value is -5.97. The van der Waals surface area contributed by atoms with Crippen LogP contribution in [0.25, 0.3) is 33.4 Å². The van der Waals surface area contributed by atoms with E-state index in [-0.39, 0.29) is 29.2 Å². The van der Waals surface area contributed by atoms with E-state index in [2.05, 4.69) is 85.0 Å². The maximum absolute atomic E-state index is 16.0. The van der Waals surface area contributed by atoms with Gasteiger partial charge in [0.1, 0.15) is 18.0 Å². The summed E-state index contributed by atoms with van der Waals surface area (Å²) in [5.74, 6) is -1.83. The Balaban J connectivity index is 1.51. The summed E-state index contributed by atoms with van der Waals surface area (Å²) in [5.41, 5.74) is 6.88. The second-order valence-electron chi connectivity index (χ2n) is 19.7. The number of nitrogens with one attached hydrogen (secondary N) is 2. The number of ether oxygens (including phenoxy) is 1. The Morgan fingerprint density at radius 1 is 0.732 bits per heavy atom. The van der Waals surface area contributed by atoms with Crippen molar-refractivity contribution >= 4 is 60.0 Å². The van der Waals surface area contributed by atoms with Crippen LogP contribution in [0.3, 0.4) is 0 Å². The predicted octanol–water partition coefficient (Wildman–Crippen LogP) is 12.7. The van der Waals surface area contributed by atoms with E-state index >= 15 is 8.78 Å². The third-order valence-electron chi connectivity index (χ3n) is 12.9. The molecule has 1 aliphatic carbocycles. The number of anilines is 2. The average molecular weight is 1010 g/mol. The Bertz CT molecular complexity index is 3160. The number of sulfonamides is 2. The molecule has 4 aromatic rings. The minimum Gasteiger partial charge on any atom is -0.463 e. The molecule has 1 heterocycles. The van der Waals surface area contributed by atoms with Gasteiger partial charge in [0.15, 0.2) is 0 Å². The Kier molecular flexibility index (Phi) is 16.4. The topological polar surface area (TPSA) is 164 Å². The molecule has 0 bridgehead atoms. The first kappa shape index (κ1) is 54.4. The van der Waals surface area contributed by atoms with Crippen LogP contribution in [0.15, 0.2) is 111 Å². The molecular weight excluding hydrogens is 947 g/mol. The summed E-state index contributed by atoms with van der Waals surface area (Å²) in [6.07, 6.45) is 0.421. The highest BCUT2D eigenvalue weighted by atomic mass is 32.3. The summed E-state index contributed by atoms with van der Waals surface area (Å²) in [6, 6.07) is 28.4. The molecule has 71 heavy (non-hydrogen) atoms. The summed E-state index contributed by atoms with van der Waals surface area (Å²) in [5, 5.41) is -0.664. The van der Waals surface area contributed by atoms with Crippen molar-refractivity contribution in [2.24, 2.45) is 10.4 Å². The van der Waals surface area contributed by atoms with Crippen molar-refractivity contribution in [2.75, 3.05) is 25.0 Å². The number of alkyl halides is 2. The van der Waals surface area contributed by atoms with Crippen LogP contribution < -0.4 is 14.8 Å². The summed E-state index contributed by atoms with van der Waals surface area (Å²) < 4.78 is 101. The van der Waals surface area contributed by atoms with Crippen molar-refractivity contribution in [2.45, 2.75) is 123 Å². The quantitative estimate of drug-likeness (QED) is 0.0593. The fourth-order valence-electron chi connectivity index (χ4n) is 8.37. The van der Waals surface area contributed by atoms with Crippen LogP contribution in [0.2, 0.25) is 0 Å². The Labute approximate surface area is 417 Å². The molecule has 0 aromatic heterocycles. The minimum absolute atomic E-state index is 0.0347. The van der Waals surface area contributed by atoms with E-state index < -0.39 is 67.2 Å². The van der Waals surface area contributed by atoms with Crippen molar-refractivity contribution in [1.82, 2.24) is 9.03 Å². The normalized spacial score (nSPS) is 13.0. The molecule has 16 heteroatoms. The highest BCUT2D eigenvalue weighted by Crippen LogP contribution is 2.44. The fraction of sp³-hybridized carbons (Fsp3) is 0.400. The molecular formula is C55H66F2N4O8S2. The Morgan fingerprint density at radius 3 is 1.87 bits per heavy atom. The molecule has 2 aliphatic rings. The van der Waals surface area contributed by atoms with Crippen LogP contribution in [0.1, 0.15) is 135 Å². The molecule has 0 saturated heterocycles. The van der Waals surface area contributed by atoms with Gasteiger partial charge in [0, 0.05) is 52.1 Å². The second kappa shape index (κ2) is 21.4. The molecule has 2 N–H and O–H groups in total. The van der Waals surface area contributed by atoms with Gasteiger partial charge in [0.2, 0.25) is 0 Å². The lowest BCUT2D eigenvalue weighted by atomic mass is 9.91. The molecule has 1 amide bonds. The summed E-state index contributed by atoms with van der Waals surface area (Å²) >= 11 is 0. The monoisotopic (exact) mass is 1010 g/mol. The van der Waals surface area contributed by atoms with E-state index in [0.717, 1.165) is 39.7 Å². The molecule has 12 nitrogen and oxygen atoms in total. The van der Waals surface area contributed by atoms with Gasteiger partial charge in [-0.3, -0.25) is 9.59 Å². The number of hydrogen-bond donors (Lipinski definition) is 2. The molecule has 0 unspecified atom stereocenters. The zero-order valence-electron chi connectivity index (χ0n) is 42.6. The molecule has 6 rings (SSSR count). The average Bonchev–Trinajstić information content (AvgIpc) is 3.31. The first-order valence-electron chi connectivity index (χ1n) is 24.1. The minimum atomic E-state index is -6.29. The van der Waals surface area contributed by atoms with Crippen molar-refractivity contribution in [3.05, 3.63) is 125 Å². The highest BCUT2D eigenvalue weighted by Gasteiger charge is 2.56. The number of rotatable bonds is 19. The summed E-state index contributed by atoms with van der Waals surface area (Å²) in [6.45, 7) is 21.8. The number of halogens is 2. The van der Waals surface area contributed by atoms with E-state index in [0.29, 0.717) is 50.2 Å². The molecule has 1 aliphatic heterocycles. The van der Waals surface area contributed by atoms with Crippen LogP contribution in [0.5, 0.6) is 0 Å². The van der Waals surface area contributed by atoms with Gasteiger partial charge in [0.05, 0.1) is 27.9 Å². The third kappa shape index (κ3) is 11.4. The molecule has 0 radical (unpaired) electrons. The van der Waals surface area contributed by atoms with Gasteiger partial charge in [-0.2, -0.15) is 8.78 Å². The maximum Gasteiger partial charge on any atom is 0.436 e. The number of carbonyl (C=O) groups is 2. The number of amides is 1. The third-order valence-corrected chi connectivity index (χ3v) is 16.4. The lowest BCUT2D eigenvalue weighted by Gasteiger charge is -2.26.